The topological polar surface area (TPSA) is 51.0 Å². The minimum atomic E-state index is -0.431. The molecule has 1 amide bonds. The number of fused-ring (bicyclic) bond motifs is 1. The van der Waals surface area contributed by atoms with Crippen LogP contribution in [0.15, 0.2) is 54.6 Å². The molecule has 2 aromatic heterocycles. The number of carbonyl (C=O) groups is 1. The van der Waals surface area contributed by atoms with E-state index in [4.69, 9.17) is 17.8 Å². The summed E-state index contributed by atoms with van der Waals surface area (Å²) in [5.41, 5.74) is 4.67. The Balaban J connectivity index is 1.54. The number of hydrogen-bond donors (Lipinski definition) is 0. The van der Waals surface area contributed by atoms with Gasteiger partial charge in [0.25, 0.3) is 5.91 Å². The maximum Gasteiger partial charge on any atom is 0.272 e. The van der Waals surface area contributed by atoms with Crippen LogP contribution in [0.2, 0.25) is 0 Å². The molecule has 1 saturated carbocycles. The standard InChI is InChI=1S/C28H28BFN4O/c1-17(2)34(14-13-18-7-5-4-6-8-18)28(35)24-16-22(19-9-10-19)25-27(31-24)33(3)26(32-25)21-12-11-20(29)15-23(21)30/h4-8,11-12,15-17,19H,9-10,13-14H2,1-3H3. The maximum absolute atomic E-state index is 14.7. The highest BCUT2D eigenvalue weighted by atomic mass is 19.1. The molecule has 0 N–H and O–H groups in total. The van der Waals surface area contributed by atoms with Crippen molar-refractivity contribution in [2.45, 2.75) is 45.1 Å². The van der Waals surface area contributed by atoms with Crippen LogP contribution in [0.1, 0.15) is 54.2 Å². The fourth-order valence-corrected chi connectivity index (χ4v) is 4.58. The molecular formula is C28H28BFN4O. The van der Waals surface area contributed by atoms with Crippen LogP contribution in [-0.4, -0.2) is 45.8 Å². The van der Waals surface area contributed by atoms with Crippen molar-refractivity contribution < 1.29 is 9.18 Å². The summed E-state index contributed by atoms with van der Waals surface area (Å²) in [6.45, 7) is 4.65. The summed E-state index contributed by atoms with van der Waals surface area (Å²) in [6.07, 6.45) is 2.88. The molecule has 35 heavy (non-hydrogen) atoms. The Hall–Kier alpha value is -3.48. The van der Waals surface area contributed by atoms with Gasteiger partial charge in [-0.2, -0.15) is 0 Å². The van der Waals surface area contributed by atoms with Crippen LogP contribution in [0.25, 0.3) is 22.6 Å². The number of halogens is 1. The van der Waals surface area contributed by atoms with Gasteiger partial charge in [0.15, 0.2) is 5.65 Å². The third-order valence-electron chi connectivity index (χ3n) is 6.70. The number of hydrogen-bond acceptors (Lipinski definition) is 3. The highest BCUT2D eigenvalue weighted by Crippen LogP contribution is 2.43. The van der Waals surface area contributed by atoms with E-state index in [1.54, 1.807) is 16.7 Å². The normalized spacial score (nSPS) is 13.5. The van der Waals surface area contributed by atoms with Gasteiger partial charge in [-0.05, 0) is 68.4 Å². The molecule has 0 unspecified atom stereocenters. The van der Waals surface area contributed by atoms with E-state index in [2.05, 4.69) is 12.1 Å². The van der Waals surface area contributed by atoms with Gasteiger partial charge in [-0.1, -0.05) is 41.9 Å². The Bertz CT molecular complexity index is 1400. The van der Waals surface area contributed by atoms with Crippen LogP contribution in [0, 0.1) is 5.82 Å². The van der Waals surface area contributed by atoms with Gasteiger partial charge in [0.2, 0.25) is 0 Å². The number of rotatable bonds is 7. The second kappa shape index (κ2) is 9.29. The highest BCUT2D eigenvalue weighted by Gasteiger charge is 2.31. The molecule has 1 aliphatic rings. The molecule has 0 bridgehead atoms. The van der Waals surface area contributed by atoms with Gasteiger partial charge in [-0.15, -0.1) is 0 Å². The van der Waals surface area contributed by atoms with Gasteiger partial charge in [0.05, 0.1) is 5.56 Å². The van der Waals surface area contributed by atoms with Crippen molar-refractivity contribution >= 4 is 30.4 Å². The SMILES string of the molecule is [B]c1ccc(-c2nc3c(C4CC4)cc(C(=O)N(CCc4ccccc4)C(C)C)nc3n2C)c(F)c1. The van der Waals surface area contributed by atoms with Crippen molar-refractivity contribution in [3.8, 4) is 11.4 Å². The first-order chi connectivity index (χ1) is 16.8. The Morgan fingerprint density at radius 2 is 1.89 bits per heavy atom. The second-order valence-corrected chi connectivity index (χ2v) is 9.60. The Kier molecular flexibility index (Phi) is 6.18. The first kappa shape index (κ1) is 23.3. The number of imidazole rings is 1. The van der Waals surface area contributed by atoms with Gasteiger partial charge in [-0.25, -0.2) is 14.4 Å². The molecule has 0 atom stereocenters. The number of carbonyl (C=O) groups excluding carboxylic acids is 1. The lowest BCUT2D eigenvalue weighted by Gasteiger charge is -2.26. The average Bonchev–Trinajstić information content (AvgIpc) is 3.63. The molecule has 2 aromatic carbocycles. The number of benzene rings is 2. The van der Waals surface area contributed by atoms with E-state index in [9.17, 15) is 9.18 Å². The van der Waals surface area contributed by atoms with Crippen LogP contribution in [0.4, 0.5) is 4.39 Å². The molecule has 5 rings (SSSR count). The molecule has 0 saturated heterocycles. The zero-order valence-electron chi connectivity index (χ0n) is 20.3. The Morgan fingerprint density at radius 3 is 2.54 bits per heavy atom. The monoisotopic (exact) mass is 466 g/mol. The zero-order chi connectivity index (χ0) is 24.7. The van der Waals surface area contributed by atoms with Crippen LogP contribution < -0.4 is 5.46 Å². The average molecular weight is 466 g/mol. The smallest absolute Gasteiger partial charge is 0.272 e. The molecule has 5 nitrogen and oxygen atoms in total. The summed E-state index contributed by atoms with van der Waals surface area (Å²) in [6, 6.07) is 16.7. The molecule has 2 radical (unpaired) electrons. The third-order valence-corrected chi connectivity index (χ3v) is 6.70. The Labute approximate surface area is 206 Å². The maximum atomic E-state index is 14.7. The van der Waals surface area contributed by atoms with Crippen LogP contribution in [0.5, 0.6) is 0 Å². The van der Waals surface area contributed by atoms with Crippen LogP contribution in [-0.2, 0) is 13.5 Å². The van der Waals surface area contributed by atoms with Crippen molar-refractivity contribution in [3.63, 3.8) is 0 Å². The first-order valence-corrected chi connectivity index (χ1v) is 12.1. The highest BCUT2D eigenvalue weighted by molar-refractivity contribution is 6.32. The molecule has 176 valence electrons. The van der Waals surface area contributed by atoms with E-state index in [-0.39, 0.29) is 11.9 Å². The van der Waals surface area contributed by atoms with Gasteiger partial charge in [0.1, 0.15) is 30.7 Å². The lowest BCUT2D eigenvalue weighted by atomic mass is 9.95. The lowest BCUT2D eigenvalue weighted by Crippen LogP contribution is -2.39. The van der Waals surface area contributed by atoms with E-state index in [1.807, 2.05) is 50.1 Å². The summed E-state index contributed by atoms with van der Waals surface area (Å²) in [5.74, 6) is 0.296. The Morgan fingerprint density at radius 1 is 1.14 bits per heavy atom. The van der Waals surface area contributed by atoms with E-state index >= 15 is 0 Å². The van der Waals surface area contributed by atoms with E-state index < -0.39 is 5.82 Å². The van der Waals surface area contributed by atoms with Gasteiger partial charge < -0.3 is 9.47 Å². The fraction of sp³-hybridized carbons (Fsp3) is 0.321. The van der Waals surface area contributed by atoms with Crippen molar-refractivity contribution in [1.29, 1.82) is 0 Å². The third kappa shape index (κ3) is 4.59. The predicted octanol–water partition coefficient (Wildman–Crippen LogP) is 4.54. The number of amides is 1. The molecule has 0 aliphatic heterocycles. The zero-order valence-corrected chi connectivity index (χ0v) is 20.3. The molecule has 1 fully saturated rings. The minimum Gasteiger partial charge on any atom is -0.335 e. The van der Waals surface area contributed by atoms with Gasteiger partial charge in [0, 0.05) is 19.6 Å². The van der Waals surface area contributed by atoms with E-state index in [0.717, 1.165) is 30.3 Å². The van der Waals surface area contributed by atoms with Crippen molar-refractivity contribution in [2.24, 2.45) is 7.05 Å². The summed E-state index contributed by atoms with van der Waals surface area (Å²) < 4.78 is 16.5. The van der Waals surface area contributed by atoms with Crippen LogP contribution in [0.3, 0.4) is 0 Å². The van der Waals surface area contributed by atoms with Gasteiger partial charge in [-0.3, -0.25) is 4.79 Å². The summed E-state index contributed by atoms with van der Waals surface area (Å²) >= 11 is 0. The largest absolute Gasteiger partial charge is 0.335 e. The van der Waals surface area contributed by atoms with Crippen molar-refractivity contribution in [2.75, 3.05) is 6.54 Å². The summed E-state index contributed by atoms with van der Waals surface area (Å²) in [7, 11) is 7.55. The number of aromatic nitrogens is 3. The van der Waals surface area contributed by atoms with Gasteiger partial charge >= 0.3 is 0 Å². The molecule has 0 spiro atoms. The van der Waals surface area contributed by atoms with E-state index in [0.29, 0.717) is 40.7 Å². The minimum absolute atomic E-state index is 0.0269. The second-order valence-electron chi connectivity index (χ2n) is 9.60. The number of pyridine rings is 1. The van der Waals surface area contributed by atoms with Crippen LogP contribution >= 0.6 is 0 Å². The fourth-order valence-electron chi connectivity index (χ4n) is 4.58. The van der Waals surface area contributed by atoms with Crippen molar-refractivity contribution in [3.05, 3.63) is 77.2 Å². The summed E-state index contributed by atoms with van der Waals surface area (Å²) in [5, 5.41) is 0. The molecule has 2 heterocycles. The van der Waals surface area contributed by atoms with E-state index in [1.165, 1.54) is 11.6 Å². The molecule has 1 aliphatic carbocycles. The first-order valence-electron chi connectivity index (χ1n) is 12.1. The molecular weight excluding hydrogens is 438 g/mol. The number of aryl methyl sites for hydroxylation is 1. The lowest BCUT2D eigenvalue weighted by molar-refractivity contribution is 0.0702. The number of nitrogens with zero attached hydrogens (tertiary/aromatic N) is 4. The quantitative estimate of drug-likeness (QED) is 0.376. The summed E-state index contributed by atoms with van der Waals surface area (Å²) in [4.78, 5) is 25.1. The van der Waals surface area contributed by atoms with Crippen molar-refractivity contribution in [1.82, 2.24) is 19.4 Å². The molecule has 7 heteroatoms. The molecule has 4 aromatic rings. The predicted molar refractivity (Wildman–Crippen MR) is 138 cm³/mol.